The van der Waals surface area contributed by atoms with Gasteiger partial charge >= 0.3 is 0 Å². The number of aryl methyl sites for hydroxylation is 1. The molecule has 1 rings (SSSR count). The van der Waals surface area contributed by atoms with Gasteiger partial charge in [-0.05, 0) is 18.6 Å². The van der Waals surface area contributed by atoms with Crippen LogP contribution in [0.5, 0.6) is 0 Å². The third-order valence-corrected chi connectivity index (χ3v) is 1.97. The van der Waals surface area contributed by atoms with Gasteiger partial charge in [0.05, 0.1) is 0 Å². The molecule has 0 heterocycles. The van der Waals surface area contributed by atoms with E-state index in [1.165, 1.54) is 10.0 Å². The van der Waals surface area contributed by atoms with Crippen molar-refractivity contribution in [2.45, 2.75) is 6.92 Å². The fourth-order valence-electron chi connectivity index (χ4n) is 0.551. The van der Waals surface area contributed by atoms with Gasteiger partial charge in [-0.1, -0.05) is 34.1 Å². The maximum atomic E-state index is 3.40. The van der Waals surface area contributed by atoms with Crippen molar-refractivity contribution >= 4 is 15.9 Å². The molecule has 66 valence electrons. The lowest BCUT2D eigenvalue weighted by atomic mass is 10.2. The zero-order valence-electron chi connectivity index (χ0n) is 5.82. The molecule has 1 aromatic rings. The van der Waals surface area contributed by atoms with E-state index in [2.05, 4.69) is 28.9 Å². The molecule has 0 saturated heterocycles. The summed E-state index contributed by atoms with van der Waals surface area (Å²) in [6, 6.07) is 8.15. The van der Waals surface area contributed by atoms with E-state index in [0.717, 1.165) is 0 Å². The molecule has 0 aliphatic heterocycles. The minimum atomic E-state index is 0. The summed E-state index contributed by atoms with van der Waals surface area (Å²) in [6.45, 7) is 2.07. The van der Waals surface area contributed by atoms with Crippen molar-refractivity contribution in [3.63, 3.8) is 0 Å². The lowest BCUT2D eigenvalue weighted by Gasteiger charge is -1.91. The first-order valence-corrected chi connectivity index (χ1v) is 3.31. The fraction of sp³-hybridized carbons (Fsp3) is 0.143. The maximum absolute atomic E-state index is 3.40. The smallest absolute Gasteiger partial charge is 0.0204 e. The van der Waals surface area contributed by atoms with Crippen LogP contribution in [-0.2, 0) is 0 Å². The first-order valence-electron chi connectivity index (χ1n) is 2.52. The Labute approximate surface area is 71.8 Å². The zero-order chi connectivity index (χ0) is 5.98. The summed E-state index contributed by atoms with van der Waals surface area (Å²) in [6.07, 6.45) is 0. The highest BCUT2D eigenvalue weighted by molar-refractivity contribution is 9.10. The number of benzene rings is 1. The lowest BCUT2D eigenvalue weighted by Crippen LogP contribution is -3.00. The first kappa shape index (κ1) is 16.8. The fourth-order valence-corrected chi connectivity index (χ4v) is 0.836. The summed E-state index contributed by atoms with van der Waals surface area (Å²) in [4.78, 5) is 0. The second-order valence-corrected chi connectivity index (χ2v) is 2.60. The van der Waals surface area contributed by atoms with Crippen molar-refractivity contribution in [1.82, 2.24) is 0 Å². The van der Waals surface area contributed by atoms with Crippen LogP contribution in [0, 0.1) is 6.92 Å². The normalized spacial score (nSPS) is 6.73. The van der Waals surface area contributed by atoms with Crippen molar-refractivity contribution in [1.29, 1.82) is 0 Å². The molecule has 0 radical (unpaired) electrons. The zero-order valence-corrected chi connectivity index (χ0v) is 7.41. The molecule has 0 spiro atoms. The molecule has 0 amide bonds. The number of hydrogen-bond donors (Lipinski definition) is 0. The van der Waals surface area contributed by atoms with Crippen LogP contribution in [0.1, 0.15) is 5.56 Å². The van der Waals surface area contributed by atoms with E-state index in [4.69, 9.17) is 0 Å². The van der Waals surface area contributed by atoms with Crippen LogP contribution in [0.25, 0.3) is 0 Å². The van der Waals surface area contributed by atoms with E-state index in [0.29, 0.717) is 0 Å². The summed E-state index contributed by atoms with van der Waals surface area (Å²) in [5, 5.41) is 0. The van der Waals surface area contributed by atoms with Gasteiger partial charge < -0.3 is 14.1 Å². The lowest BCUT2D eigenvalue weighted by molar-refractivity contribution is -0.00100. The van der Waals surface area contributed by atoms with E-state index in [1.54, 1.807) is 0 Å². The van der Waals surface area contributed by atoms with Crippen molar-refractivity contribution < 1.29 is 14.1 Å². The monoisotopic (exact) mass is 227 g/mol. The molecule has 0 aliphatic carbocycles. The van der Waals surface area contributed by atoms with Crippen molar-refractivity contribution in [3.8, 4) is 0 Å². The van der Waals surface area contributed by atoms with E-state index >= 15 is 0 Å². The SMILES string of the molecule is Cc1ccccc1Br.[F-].[F-].[F-]. The van der Waals surface area contributed by atoms with E-state index in [9.17, 15) is 0 Å². The van der Waals surface area contributed by atoms with E-state index in [-0.39, 0.29) is 14.1 Å². The molecule has 0 nitrogen and oxygen atoms in total. The molecule has 0 aromatic heterocycles. The molecule has 0 saturated carbocycles. The highest BCUT2D eigenvalue weighted by Crippen LogP contribution is 2.13. The Balaban J connectivity index is -0.000000213. The Kier molecular flexibility index (Phi) is 11.6. The van der Waals surface area contributed by atoms with Crippen LogP contribution in [0.3, 0.4) is 0 Å². The van der Waals surface area contributed by atoms with Gasteiger partial charge in [0.25, 0.3) is 0 Å². The molecular weight excluding hydrogens is 221 g/mol. The van der Waals surface area contributed by atoms with Gasteiger partial charge in [0.15, 0.2) is 0 Å². The van der Waals surface area contributed by atoms with Crippen molar-refractivity contribution in [2.75, 3.05) is 0 Å². The maximum Gasteiger partial charge on any atom is 0.0204 e. The van der Waals surface area contributed by atoms with Gasteiger partial charge in [-0.3, -0.25) is 0 Å². The average molecular weight is 228 g/mol. The number of rotatable bonds is 0. The molecule has 11 heavy (non-hydrogen) atoms. The first-order chi connectivity index (χ1) is 3.80. The minimum Gasteiger partial charge on any atom is -1.00 e. The standard InChI is InChI=1S/C7H7Br.3FH/c1-6-4-2-3-5-7(6)8;;;/h2-5H,1H3;3*1H/p-3. The predicted molar refractivity (Wildman–Crippen MR) is 38.9 cm³/mol. The molecule has 0 aliphatic rings. The molecule has 1 aromatic carbocycles. The van der Waals surface area contributed by atoms with Crippen LogP contribution < -0.4 is 14.1 Å². The molecular formula is C7H7BrF3-3. The summed E-state index contributed by atoms with van der Waals surface area (Å²) < 4.78 is 1.18. The quantitative estimate of drug-likeness (QED) is 0.414. The molecule has 0 bridgehead atoms. The molecule has 0 fully saturated rings. The van der Waals surface area contributed by atoms with Gasteiger partial charge in [0.1, 0.15) is 0 Å². The van der Waals surface area contributed by atoms with Gasteiger partial charge in [0.2, 0.25) is 0 Å². The Morgan fingerprint density at radius 1 is 1.00 bits per heavy atom. The van der Waals surface area contributed by atoms with Crippen molar-refractivity contribution in [3.05, 3.63) is 34.3 Å². The van der Waals surface area contributed by atoms with Crippen LogP contribution in [0.4, 0.5) is 0 Å². The second kappa shape index (κ2) is 7.60. The van der Waals surface area contributed by atoms with Crippen molar-refractivity contribution in [2.24, 2.45) is 0 Å². The Morgan fingerprint density at radius 2 is 1.45 bits per heavy atom. The van der Waals surface area contributed by atoms with Gasteiger partial charge in [-0.15, -0.1) is 0 Å². The number of halogens is 4. The number of hydrogen-bond acceptors (Lipinski definition) is 0. The summed E-state index contributed by atoms with van der Waals surface area (Å²) in [7, 11) is 0. The largest absolute Gasteiger partial charge is 1.00 e. The molecule has 0 unspecified atom stereocenters. The Morgan fingerprint density at radius 3 is 1.73 bits per heavy atom. The highest BCUT2D eigenvalue weighted by atomic mass is 79.9. The second-order valence-electron chi connectivity index (χ2n) is 1.75. The molecule has 0 atom stereocenters. The van der Waals surface area contributed by atoms with Crippen LogP contribution in [0.2, 0.25) is 0 Å². The van der Waals surface area contributed by atoms with E-state index < -0.39 is 0 Å². The molecule has 4 heteroatoms. The predicted octanol–water partition coefficient (Wildman–Crippen LogP) is -6.23. The highest BCUT2D eigenvalue weighted by Gasteiger charge is 1.86. The summed E-state index contributed by atoms with van der Waals surface area (Å²) in [5.74, 6) is 0. The van der Waals surface area contributed by atoms with Gasteiger partial charge in [-0.25, -0.2) is 0 Å². The third-order valence-electron chi connectivity index (χ3n) is 1.08. The van der Waals surface area contributed by atoms with Crippen LogP contribution in [0.15, 0.2) is 28.7 Å². The molecule has 0 N–H and O–H groups in total. The topological polar surface area (TPSA) is 0 Å². The van der Waals surface area contributed by atoms with E-state index in [1.807, 2.05) is 18.2 Å². The van der Waals surface area contributed by atoms with Crippen LogP contribution in [-0.4, -0.2) is 0 Å². The summed E-state index contributed by atoms with van der Waals surface area (Å²) in [5.41, 5.74) is 1.28. The third kappa shape index (κ3) is 4.84. The van der Waals surface area contributed by atoms with Gasteiger partial charge in [0, 0.05) is 4.47 Å². The Hall–Kier alpha value is -0.510. The van der Waals surface area contributed by atoms with Gasteiger partial charge in [-0.2, -0.15) is 0 Å². The Bertz CT molecular complexity index is 170. The summed E-state index contributed by atoms with van der Waals surface area (Å²) >= 11 is 3.40. The average Bonchev–Trinajstić information content (AvgIpc) is 1.77. The minimum absolute atomic E-state index is 0. The van der Waals surface area contributed by atoms with Crippen LogP contribution >= 0.6 is 15.9 Å².